The number of hydrogen-bond donors (Lipinski definition) is 0. The summed E-state index contributed by atoms with van der Waals surface area (Å²) < 4.78 is 4.22. The molecular formula is C14H9Cl5O. The van der Waals surface area contributed by atoms with E-state index < -0.39 is 8.63 Å². The zero-order valence-electron chi connectivity index (χ0n) is 9.99. The average molecular weight is 370 g/mol. The van der Waals surface area contributed by atoms with E-state index in [4.69, 9.17) is 62.7 Å². The van der Waals surface area contributed by atoms with Crippen molar-refractivity contribution in [3.63, 3.8) is 0 Å². The standard InChI is InChI=1S/C14H9Cl5O/c15-13(16)9-3-1-5-11(7-9)20-12-6-2-4-10(8-12)14(17,18)19/h1-8,13H. The summed E-state index contributed by atoms with van der Waals surface area (Å²) in [6.07, 6.45) is 0. The summed E-state index contributed by atoms with van der Waals surface area (Å²) in [7, 11) is 0. The van der Waals surface area contributed by atoms with Crippen LogP contribution in [0.1, 0.15) is 16.0 Å². The monoisotopic (exact) mass is 368 g/mol. The van der Waals surface area contributed by atoms with Crippen LogP contribution < -0.4 is 4.74 Å². The van der Waals surface area contributed by atoms with Crippen molar-refractivity contribution in [2.24, 2.45) is 0 Å². The van der Waals surface area contributed by atoms with Crippen LogP contribution in [-0.4, -0.2) is 0 Å². The minimum Gasteiger partial charge on any atom is -0.457 e. The van der Waals surface area contributed by atoms with Gasteiger partial charge in [0.05, 0.1) is 0 Å². The molecule has 2 aromatic carbocycles. The van der Waals surface area contributed by atoms with Crippen LogP contribution >= 0.6 is 58.0 Å². The molecule has 0 aromatic heterocycles. The van der Waals surface area contributed by atoms with E-state index in [2.05, 4.69) is 0 Å². The Morgan fingerprint density at radius 2 is 1.45 bits per heavy atom. The highest BCUT2D eigenvalue weighted by Gasteiger charge is 2.23. The fraction of sp³-hybridized carbons (Fsp3) is 0.143. The lowest BCUT2D eigenvalue weighted by Crippen LogP contribution is -1.99. The Bertz CT molecular complexity index is 592. The maximum atomic E-state index is 5.84. The molecule has 0 aliphatic heterocycles. The number of ether oxygens (including phenoxy) is 1. The number of benzene rings is 2. The van der Waals surface area contributed by atoms with Gasteiger partial charge in [-0.15, -0.1) is 23.2 Å². The van der Waals surface area contributed by atoms with Crippen molar-refractivity contribution < 1.29 is 4.74 Å². The molecular weight excluding hydrogens is 361 g/mol. The lowest BCUT2D eigenvalue weighted by Gasteiger charge is -2.13. The summed E-state index contributed by atoms with van der Waals surface area (Å²) in [6, 6.07) is 14.1. The molecule has 0 fully saturated rings. The molecule has 0 unspecified atom stereocenters. The summed E-state index contributed by atoms with van der Waals surface area (Å²) in [5.41, 5.74) is 1.28. The van der Waals surface area contributed by atoms with Gasteiger partial charge in [-0.25, -0.2) is 0 Å². The minimum absolute atomic E-state index is 0.531. The molecule has 0 N–H and O–H groups in total. The van der Waals surface area contributed by atoms with Crippen LogP contribution in [0.5, 0.6) is 11.5 Å². The Hall–Kier alpha value is -0.310. The zero-order valence-corrected chi connectivity index (χ0v) is 13.8. The molecule has 0 bridgehead atoms. The Balaban J connectivity index is 2.24. The number of hydrogen-bond acceptors (Lipinski definition) is 1. The molecule has 0 saturated heterocycles. The molecule has 0 aliphatic rings. The maximum Gasteiger partial charge on any atom is 0.216 e. The van der Waals surface area contributed by atoms with E-state index in [1.54, 1.807) is 42.5 Å². The third kappa shape index (κ3) is 4.34. The largest absolute Gasteiger partial charge is 0.457 e. The van der Waals surface area contributed by atoms with Gasteiger partial charge in [-0.2, -0.15) is 0 Å². The molecule has 20 heavy (non-hydrogen) atoms. The average Bonchev–Trinajstić information content (AvgIpc) is 2.38. The van der Waals surface area contributed by atoms with Gasteiger partial charge in [0.2, 0.25) is 3.79 Å². The van der Waals surface area contributed by atoms with Crippen molar-refractivity contribution in [3.05, 3.63) is 59.7 Å². The van der Waals surface area contributed by atoms with E-state index in [1.807, 2.05) is 6.07 Å². The van der Waals surface area contributed by atoms with E-state index in [0.29, 0.717) is 17.1 Å². The first kappa shape index (κ1) is 16.1. The quantitative estimate of drug-likeness (QED) is 0.541. The molecule has 0 saturated carbocycles. The van der Waals surface area contributed by atoms with Crippen molar-refractivity contribution in [1.82, 2.24) is 0 Å². The number of halogens is 5. The van der Waals surface area contributed by atoms with Gasteiger partial charge in [0.25, 0.3) is 0 Å². The lowest BCUT2D eigenvalue weighted by atomic mass is 10.2. The summed E-state index contributed by atoms with van der Waals surface area (Å²) in [5, 5.41) is 0. The first-order valence-electron chi connectivity index (χ1n) is 5.59. The van der Waals surface area contributed by atoms with Gasteiger partial charge in [0.15, 0.2) is 0 Å². The molecule has 0 radical (unpaired) electrons. The van der Waals surface area contributed by atoms with E-state index in [1.165, 1.54) is 0 Å². The summed E-state index contributed by atoms with van der Waals surface area (Å²) >= 11 is 29.2. The lowest BCUT2D eigenvalue weighted by molar-refractivity contribution is 0.481. The second-order valence-corrected chi connectivity index (χ2v) is 7.38. The van der Waals surface area contributed by atoms with Crippen LogP contribution in [0.2, 0.25) is 0 Å². The maximum absolute atomic E-state index is 5.84. The van der Waals surface area contributed by atoms with E-state index in [0.717, 1.165) is 5.56 Å². The summed E-state index contributed by atoms with van der Waals surface area (Å²) in [5.74, 6) is 1.17. The number of rotatable bonds is 3. The number of alkyl halides is 5. The van der Waals surface area contributed by atoms with Crippen molar-refractivity contribution in [3.8, 4) is 11.5 Å². The van der Waals surface area contributed by atoms with Crippen LogP contribution in [0.3, 0.4) is 0 Å². The Morgan fingerprint density at radius 1 is 0.850 bits per heavy atom. The van der Waals surface area contributed by atoms with Gasteiger partial charge in [0, 0.05) is 5.56 Å². The first-order valence-corrected chi connectivity index (χ1v) is 7.60. The molecule has 0 aliphatic carbocycles. The van der Waals surface area contributed by atoms with Crippen LogP contribution in [0, 0.1) is 0 Å². The normalized spacial score (nSPS) is 11.7. The van der Waals surface area contributed by atoms with Crippen molar-refractivity contribution >= 4 is 58.0 Å². The molecule has 0 amide bonds. The molecule has 0 spiro atoms. The smallest absolute Gasteiger partial charge is 0.216 e. The van der Waals surface area contributed by atoms with Crippen LogP contribution in [0.4, 0.5) is 0 Å². The molecule has 6 heteroatoms. The van der Waals surface area contributed by atoms with Gasteiger partial charge in [0.1, 0.15) is 16.3 Å². The SMILES string of the molecule is ClC(Cl)c1cccc(Oc2cccc(C(Cl)(Cl)Cl)c2)c1. The fourth-order valence-corrected chi connectivity index (χ4v) is 2.21. The van der Waals surface area contributed by atoms with Gasteiger partial charge < -0.3 is 4.74 Å². The molecule has 0 atom stereocenters. The highest BCUT2D eigenvalue weighted by molar-refractivity contribution is 6.66. The highest BCUT2D eigenvalue weighted by atomic mass is 35.6. The van der Waals surface area contributed by atoms with Gasteiger partial charge in [-0.1, -0.05) is 59.1 Å². The topological polar surface area (TPSA) is 9.23 Å². The highest BCUT2D eigenvalue weighted by Crippen LogP contribution is 2.40. The molecule has 2 rings (SSSR count). The second-order valence-electron chi connectivity index (χ2n) is 4.00. The van der Waals surface area contributed by atoms with Crippen LogP contribution in [-0.2, 0) is 3.79 Å². The van der Waals surface area contributed by atoms with E-state index in [-0.39, 0.29) is 0 Å². The zero-order chi connectivity index (χ0) is 14.8. The summed E-state index contributed by atoms with van der Waals surface area (Å²) in [4.78, 5) is -0.606. The first-order chi connectivity index (χ1) is 9.36. The molecule has 106 valence electrons. The van der Waals surface area contributed by atoms with Crippen molar-refractivity contribution in [1.29, 1.82) is 0 Å². The van der Waals surface area contributed by atoms with E-state index >= 15 is 0 Å². The van der Waals surface area contributed by atoms with Gasteiger partial charge in [-0.05, 0) is 29.8 Å². The van der Waals surface area contributed by atoms with Gasteiger partial charge in [-0.3, -0.25) is 0 Å². The van der Waals surface area contributed by atoms with Gasteiger partial charge >= 0.3 is 0 Å². The van der Waals surface area contributed by atoms with Crippen molar-refractivity contribution in [2.45, 2.75) is 8.63 Å². The molecule has 2 aromatic rings. The summed E-state index contributed by atoms with van der Waals surface area (Å²) in [6.45, 7) is 0. The Kier molecular flexibility index (Phi) is 5.33. The Labute approximate surface area is 142 Å². The molecule has 1 nitrogen and oxygen atoms in total. The third-order valence-corrected chi connectivity index (χ3v) is 3.67. The molecule has 0 heterocycles. The third-order valence-electron chi connectivity index (χ3n) is 2.51. The predicted octanol–water partition coefficient (Wildman–Crippen LogP) is 6.78. The Morgan fingerprint density at radius 3 is 2.05 bits per heavy atom. The predicted molar refractivity (Wildman–Crippen MR) is 86.6 cm³/mol. The van der Waals surface area contributed by atoms with Crippen LogP contribution in [0.25, 0.3) is 0 Å². The second kappa shape index (κ2) is 6.64. The minimum atomic E-state index is -1.49. The van der Waals surface area contributed by atoms with E-state index in [9.17, 15) is 0 Å². The fourth-order valence-electron chi connectivity index (χ4n) is 1.59. The van der Waals surface area contributed by atoms with Crippen LogP contribution in [0.15, 0.2) is 48.5 Å². The van der Waals surface area contributed by atoms with Crippen molar-refractivity contribution in [2.75, 3.05) is 0 Å².